The molecule has 9 nitrogen and oxygen atoms in total. The number of methoxy groups -OCH3 is 1. The van der Waals surface area contributed by atoms with Gasteiger partial charge in [-0.3, -0.25) is 19.0 Å². The van der Waals surface area contributed by atoms with E-state index in [-0.39, 0.29) is 6.54 Å². The SMILES string of the molecule is COc1ccc(N2CCn3c2nn(CC(=O)Nc2cccc(C)c2)c(=O)c3=O)cc1. The highest BCUT2D eigenvalue weighted by molar-refractivity contribution is 5.90. The van der Waals surface area contributed by atoms with Crippen molar-refractivity contribution in [2.45, 2.75) is 20.0 Å². The summed E-state index contributed by atoms with van der Waals surface area (Å²) in [6.07, 6.45) is 0. The second-order valence-electron chi connectivity index (χ2n) is 6.99. The van der Waals surface area contributed by atoms with E-state index in [9.17, 15) is 14.4 Å². The van der Waals surface area contributed by atoms with Gasteiger partial charge in [-0.15, -0.1) is 5.10 Å². The van der Waals surface area contributed by atoms with E-state index in [0.29, 0.717) is 30.5 Å². The fraction of sp³-hybridized carbons (Fsp3) is 0.238. The molecule has 0 atom stereocenters. The minimum absolute atomic E-state index is 0.327. The Morgan fingerprint density at radius 2 is 1.87 bits per heavy atom. The molecule has 0 aliphatic carbocycles. The lowest BCUT2D eigenvalue weighted by Crippen LogP contribution is -2.44. The van der Waals surface area contributed by atoms with Gasteiger partial charge in [0.25, 0.3) is 0 Å². The highest BCUT2D eigenvalue weighted by Gasteiger charge is 2.26. The molecular weight excluding hydrogens is 386 g/mol. The number of ether oxygens (including phenoxy) is 1. The Morgan fingerprint density at radius 3 is 2.57 bits per heavy atom. The highest BCUT2D eigenvalue weighted by atomic mass is 16.5. The van der Waals surface area contributed by atoms with Gasteiger partial charge < -0.3 is 15.0 Å². The molecule has 0 saturated carbocycles. The Labute approximate surface area is 172 Å². The van der Waals surface area contributed by atoms with Crippen LogP contribution < -0.4 is 26.1 Å². The molecule has 0 bridgehead atoms. The number of amides is 1. The molecule has 0 radical (unpaired) electrons. The molecule has 0 unspecified atom stereocenters. The molecule has 4 rings (SSSR count). The maximum absolute atomic E-state index is 12.6. The Balaban J connectivity index is 1.62. The molecule has 1 N–H and O–H groups in total. The molecule has 2 heterocycles. The van der Waals surface area contributed by atoms with E-state index in [1.165, 1.54) is 4.57 Å². The number of hydrogen-bond donors (Lipinski definition) is 1. The van der Waals surface area contributed by atoms with Gasteiger partial charge in [0.15, 0.2) is 0 Å². The molecule has 0 saturated heterocycles. The van der Waals surface area contributed by atoms with Gasteiger partial charge >= 0.3 is 11.1 Å². The number of benzene rings is 2. The molecule has 1 amide bonds. The Morgan fingerprint density at radius 1 is 1.10 bits per heavy atom. The van der Waals surface area contributed by atoms with Crippen molar-refractivity contribution in [2.24, 2.45) is 0 Å². The molecular formula is C21H21N5O4. The number of aromatic nitrogens is 3. The molecule has 0 spiro atoms. The number of nitrogens with zero attached hydrogens (tertiary/aromatic N) is 4. The summed E-state index contributed by atoms with van der Waals surface area (Å²) in [6.45, 7) is 2.40. The number of fused-ring (bicyclic) bond motifs is 1. The molecule has 3 aromatic rings. The number of hydrogen-bond acceptors (Lipinski definition) is 6. The minimum Gasteiger partial charge on any atom is -0.497 e. The molecule has 30 heavy (non-hydrogen) atoms. The lowest BCUT2D eigenvalue weighted by atomic mass is 10.2. The number of rotatable bonds is 5. The van der Waals surface area contributed by atoms with E-state index in [4.69, 9.17) is 4.74 Å². The van der Waals surface area contributed by atoms with Gasteiger partial charge in [0.05, 0.1) is 7.11 Å². The number of aryl methyl sites for hydroxylation is 1. The average Bonchev–Trinajstić information content (AvgIpc) is 3.15. The molecule has 1 aliphatic rings. The lowest BCUT2D eigenvalue weighted by Gasteiger charge is -2.18. The van der Waals surface area contributed by atoms with Crippen LogP contribution in [0.2, 0.25) is 0 Å². The Bertz CT molecular complexity index is 1210. The van der Waals surface area contributed by atoms with Crippen LogP contribution in [-0.4, -0.2) is 33.9 Å². The van der Waals surface area contributed by atoms with Gasteiger partial charge in [0, 0.05) is 24.5 Å². The van der Waals surface area contributed by atoms with E-state index >= 15 is 0 Å². The molecule has 9 heteroatoms. The maximum Gasteiger partial charge on any atom is 0.333 e. The highest BCUT2D eigenvalue weighted by Crippen LogP contribution is 2.27. The Kier molecular flexibility index (Phi) is 5.09. The first-order valence-corrected chi connectivity index (χ1v) is 9.46. The van der Waals surface area contributed by atoms with E-state index in [1.807, 2.05) is 42.2 Å². The first-order valence-electron chi connectivity index (χ1n) is 9.46. The quantitative estimate of drug-likeness (QED) is 0.644. The normalized spacial score (nSPS) is 12.5. The fourth-order valence-corrected chi connectivity index (χ4v) is 3.40. The minimum atomic E-state index is -0.824. The van der Waals surface area contributed by atoms with Gasteiger partial charge in [-0.2, -0.15) is 0 Å². The van der Waals surface area contributed by atoms with Crippen molar-refractivity contribution < 1.29 is 9.53 Å². The van der Waals surface area contributed by atoms with Crippen LogP contribution in [-0.2, 0) is 17.9 Å². The van der Waals surface area contributed by atoms with Crippen molar-refractivity contribution in [3.63, 3.8) is 0 Å². The maximum atomic E-state index is 12.6. The second-order valence-corrected chi connectivity index (χ2v) is 6.99. The summed E-state index contributed by atoms with van der Waals surface area (Å²) in [4.78, 5) is 39.3. The van der Waals surface area contributed by atoms with Gasteiger partial charge in [0.2, 0.25) is 11.9 Å². The van der Waals surface area contributed by atoms with Gasteiger partial charge in [-0.25, -0.2) is 4.68 Å². The lowest BCUT2D eigenvalue weighted by molar-refractivity contribution is -0.117. The topological polar surface area (TPSA) is 98.5 Å². The second kappa shape index (κ2) is 7.86. The number of carbonyl (C=O) groups excluding carboxylic acids is 1. The smallest absolute Gasteiger partial charge is 0.333 e. The van der Waals surface area contributed by atoms with Gasteiger partial charge in [-0.1, -0.05) is 12.1 Å². The molecule has 0 fully saturated rings. The van der Waals surface area contributed by atoms with Crippen LogP contribution in [0.1, 0.15) is 5.56 Å². The summed E-state index contributed by atoms with van der Waals surface area (Å²) >= 11 is 0. The molecule has 1 aliphatic heterocycles. The number of carbonyl (C=O) groups is 1. The first-order chi connectivity index (χ1) is 14.5. The van der Waals surface area contributed by atoms with Gasteiger partial charge in [-0.05, 0) is 48.9 Å². The van der Waals surface area contributed by atoms with E-state index in [0.717, 1.165) is 15.9 Å². The Hall–Kier alpha value is -3.88. The van der Waals surface area contributed by atoms with E-state index in [2.05, 4.69) is 10.4 Å². The van der Waals surface area contributed by atoms with Crippen LogP contribution in [0.25, 0.3) is 0 Å². The standard InChI is InChI=1S/C21H21N5O4/c1-14-4-3-5-15(12-14)22-18(27)13-26-20(29)19(28)25-11-10-24(21(25)23-26)16-6-8-17(30-2)9-7-16/h3-9,12H,10-11,13H2,1-2H3,(H,22,27). The summed E-state index contributed by atoms with van der Waals surface area (Å²) in [5, 5.41) is 7.04. The number of anilines is 3. The summed E-state index contributed by atoms with van der Waals surface area (Å²) in [7, 11) is 1.59. The van der Waals surface area contributed by atoms with Crippen LogP contribution in [0.5, 0.6) is 5.75 Å². The van der Waals surface area contributed by atoms with Crippen LogP contribution in [0.3, 0.4) is 0 Å². The van der Waals surface area contributed by atoms with Crippen molar-refractivity contribution in [1.82, 2.24) is 14.3 Å². The van der Waals surface area contributed by atoms with Crippen molar-refractivity contribution in [2.75, 3.05) is 23.9 Å². The third kappa shape index (κ3) is 3.69. The van der Waals surface area contributed by atoms with Crippen LogP contribution >= 0.6 is 0 Å². The predicted molar refractivity (Wildman–Crippen MR) is 113 cm³/mol. The van der Waals surface area contributed by atoms with Crippen molar-refractivity contribution in [3.05, 3.63) is 74.8 Å². The summed E-state index contributed by atoms with van der Waals surface area (Å²) in [5.74, 6) is 0.600. The zero-order valence-corrected chi connectivity index (χ0v) is 16.7. The molecule has 2 aromatic carbocycles. The zero-order chi connectivity index (χ0) is 21.3. The first kappa shape index (κ1) is 19.4. The third-order valence-electron chi connectivity index (χ3n) is 4.88. The van der Waals surface area contributed by atoms with Crippen molar-refractivity contribution >= 4 is 23.2 Å². The monoisotopic (exact) mass is 407 g/mol. The van der Waals surface area contributed by atoms with Gasteiger partial charge in [0.1, 0.15) is 12.3 Å². The zero-order valence-electron chi connectivity index (χ0n) is 16.7. The van der Waals surface area contributed by atoms with Crippen molar-refractivity contribution in [3.8, 4) is 5.75 Å². The number of nitrogens with one attached hydrogen (secondary N) is 1. The third-order valence-corrected chi connectivity index (χ3v) is 4.88. The van der Waals surface area contributed by atoms with E-state index in [1.54, 1.807) is 25.3 Å². The fourth-order valence-electron chi connectivity index (χ4n) is 3.40. The van der Waals surface area contributed by atoms with Crippen LogP contribution in [0.4, 0.5) is 17.3 Å². The summed E-state index contributed by atoms with van der Waals surface area (Å²) in [6, 6.07) is 14.6. The van der Waals surface area contributed by atoms with E-state index < -0.39 is 17.0 Å². The molecule has 154 valence electrons. The van der Waals surface area contributed by atoms with Crippen molar-refractivity contribution in [1.29, 1.82) is 0 Å². The predicted octanol–water partition coefficient (Wildman–Crippen LogP) is 1.51. The van der Waals surface area contributed by atoms with Crippen LogP contribution in [0.15, 0.2) is 58.1 Å². The molecule has 1 aromatic heterocycles. The average molecular weight is 407 g/mol. The van der Waals surface area contributed by atoms with Crippen LogP contribution in [0, 0.1) is 6.92 Å². The summed E-state index contributed by atoms with van der Waals surface area (Å²) < 4.78 is 7.43. The summed E-state index contributed by atoms with van der Waals surface area (Å²) in [5.41, 5.74) is 0.900. The largest absolute Gasteiger partial charge is 0.497 e.